The number of fused-ring (bicyclic) bond motifs is 7. The van der Waals surface area contributed by atoms with Crippen molar-refractivity contribution in [1.29, 1.82) is 0 Å². The van der Waals surface area contributed by atoms with Crippen molar-refractivity contribution >= 4 is 23.1 Å². The number of pyridine rings is 1. The van der Waals surface area contributed by atoms with Crippen LogP contribution >= 0.6 is 0 Å². The molecule has 1 aliphatic heterocycles. The van der Waals surface area contributed by atoms with Crippen LogP contribution < -0.4 is 11.1 Å². The number of ether oxygens (including phenoxy) is 2. The fourth-order valence-electron chi connectivity index (χ4n) is 10.00. The van der Waals surface area contributed by atoms with Gasteiger partial charge in [0.05, 0.1) is 17.7 Å². The molecule has 1 aromatic heterocycles. The molecule has 0 spiro atoms. The smallest absolute Gasteiger partial charge is 0.193 e. The number of hydrogen-bond acceptors (Lipinski definition) is 9. The van der Waals surface area contributed by atoms with E-state index < -0.39 is 58.9 Å². The second kappa shape index (κ2) is 9.79. The Kier molecular flexibility index (Phi) is 6.37. The third kappa shape index (κ3) is 3.78. The Morgan fingerprint density at radius 2 is 1.91 bits per heavy atom. The van der Waals surface area contributed by atoms with E-state index in [0.717, 1.165) is 18.4 Å². The Hall–Kier alpha value is -3.44. The highest BCUT2D eigenvalue weighted by atomic mass is 19.1. The molecule has 8 rings (SSSR count). The van der Waals surface area contributed by atoms with Crippen molar-refractivity contribution in [3.05, 3.63) is 77.5 Å². The topological polar surface area (TPSA) is 144 Å². The molecule has 1 saturated heterocycles. The molecular weight excluding hydrogens is 589 g/mol. The number of rotatable bonds is 6. The van der Waals surface area contributed by atoms with Gasteiger partial charge < -0.3 is 30.7 Å². The van der Waals surface area contributed by atoms with Gasteiger partial charge in [0, 0.05) is 34.2 Å². The number of nitrogens with zero attached hydrogens (tertiary/aromatic N) is 1. The summed E-state index contributed by atoms with van der Waals surface area (Å²) in [6.45, 7) is 2.88. The SMILES string of the molecule is C[C@]12C=CC(=O)C=C1CC[C@H]1[C@@H]3C[C@H]4O[C@@H](c5ccc(NC6(c7ccc(N)cc7)CC6)nc5)O[C@@]4(C(=O)CO)[C@@]3(C)C[C@H](O)[C@@]12F. The molecule has 10 heteroatoms. The number of halogens is 1. The normalized spacial score (nSPS) is 41.5. The molecule has 5 fully saturated rings. The number of ketones is 2. The van der Waals surface area contributed by atoms with E-state index in [9.17, 15) is 19.8 Å². The molecular formula is C36H40FN3O6. The van der Waals surface area contributed by atoms with Crippen molar-refractivity contribution in [1.82, 2.24) is 4.98 Å². The van der Waals surface area contributed by atoms with Crippen LogP contribution in [0.1, 0.15) is 69.8 Å². The van der Waals surface area contributed by atoms with Gasteiger partial charge in [-0.05, 0) is 93.3 Å². The van der Waals surface area contributed by atoms with E-state index in [-0.39, 0.29) is 23.7 Å². The zero-order valence-electron chi connectivity index (χ0n) is 26.0. The van der Waals surface area contributed by atoms with Crippen LogP contribution in [-0.4, -0.2) is 56.8 Å². The van der Waals surface area contributed by atoms with E-state index in [1.807, 2.05) is 43.3 Å². The summed E-state index contributed by atoms with van der Waals surface area (Å²) in [5.41, 5.74) is 3.09. The molecule has 242 valence electrons. The number of nitrogen functional groups attached to an aromatic ring is 1. The van der Waals surface area contributed by atoms with Crippen LogP contribution in [-0.2, 0) is 24.6 Å². The number of aliphatic hydroxyl groups excluding tert-OH is 2. The largest absolute Gasteiger partial charge is 0.399 e. The monoisotopic (exact) mass is 629 g/mol. The third-order valence-electron chi connectivity index (χ3n) is 12.6. The first-order valence-corrected chi connectivity index (χ1v) is 16.3. The number of carbonyl (C=O) groups is 2. The third-order valence-corrected chi connectivity index (χ3v) is 12.6. The lowest BCUT2D eigenvalue weighted by atomic mass is 9.44. The summed E-state index contributed by atoms with van der Waals surface area (Å²) in [6, 6.07) is 11.6. The van der Waals surface area contributed by atoms with Gasteiger partial charge in [0.1, 0.15) is 12.4 Å². The van der Waals surface area contributed by atoms with E-state index in [1.54, 1.807) is 19.2 Å². The second-order valence-corrected chi connectivity index (χ2v) is 14.7. The first-order valence-electron chi connectivity index (χ1n) is 16.3. The molecule has 0 amide bonds. The van der Waals surface area contributed by atoms with Crippen molar-refractivity contribution < 1.29 is 33.7 Å². The van der Waals surface area contributed by atoms with Crippen molar-refractivity contribution in [3.63, 3.8) is 0 Å². The Morgan fingerprint density at radius 1 is 1.15 bits per heavy atom. The van der Waals surface area contributed by atoms with Gasteiger partial charge in [-0.3, -0.25) is 9.59 Å². The van der Waals surface area contributed by atoms with E-state index in [4.69, 9.17) is 15.2 Å². The summed E-state index contributed by atoms with van der Waals surface area (Å²) in [7, 11) is 0. The Morgan fingerprint density at radius 3 is 2.59 bits per heavy atom. The van der Waals surface area contributed by atoms with Gasteiger partial charge in [-0.2, -0.15) is 0 Å². The van der Waals surface area contributed by atoms with Gasteiger partial charge in [-0.1, -0.05) is 30.7 Å². The second-order valence-electron chi connectivity index (χ2n) is 14.7. The molecule has 9 atom stereocenters. The number of allylic oxidation sites excluding steroid dienone is 4. The molecule has 0 bridgehead atoms. The predicted molar refractivity (Wildman–Crippen MR) is 167 cm³/mol. The highest BCUT2D eigenvalue weighted by Gasteiger charge is 2.79. The lowest BCUT2D eigenvalue weighted by molar-refractivity contribution is -0.231. The predicted octanol–water partition coefficient (Wildman–Crippen LogP) is 4.46. The first kappa shape index (κ1) is 29.9. The number of Topliss-reactive ketones (excluding diaryl/α,β-unsaturated/α-hetero) is 1. The number of aliphatic hydroxyl groups is 2. The van der Waals surface area contributed by atoms with Crippen LogP contribution in [0.15, 0.2) is 66.4 Å². The zero-order valence-corrected chi connectivity index (χ0v) is 26.0. The number of nitrogens with two attached hydrogens (primary N) is 1. The van der Waals surface area contributed by atoms with Crippen molar-refractivity contribution in [2.75, 3.05) is 17.7 Å². The van der Waals surface area contributed by atoms with Crippen molar-refractivity contribution in [3.8, 4) is 0 Å². The minimum atomic E-state index is -2.04. The molecule has 1 aromatic carbocycles. The molecule has 9 nitrogen and oxygen atoms in total. The Bertz CT molecular complexity index is 1670. The number of aromatic nitrogens is 1. The average Bonchev–Trinajstić information content (AvgIpc) is 3.64. The van der Waals surface area contributed by atoms with Crippen LogP contribution in [0, 0.1) is 22.7 Å². The van der Waals surface area contributed by atoms with Gasteiger partial charge in [-0.25, -0.2) is 9.37 Å². The molecule has 5 aliphatic carbocycles. The lowest BCUT2D eigenvalue weighted by Crippen LogP contribution is -2.69. The lowest BCUT2D eigenvalue weighted by Gasteiger charge is -2.62. The fraction of sp³-hybridized carbons (Fsp3) is 0.528. The summed E-state index contributed by atoms with van der Waals surface area (Å²) < 4.78 is 30.7. The molecule has 6 aliphatic rings. The summed E-state index contributed by atoms with van der Waals surface area (Å²) in [6.07, 6.45) is 6.25. The number of carbonyl (C=O) groups excluding carboxylic acids is 2. The van der Waals surface area contributed by atoms with Gasteiger partial charge in [0.2, 0.25) is 0 Å². The molecule has 5 N–H and O–H groups in total. The quantitative estimate of drug-likeness (QED) is 0.341. The zero-order chi connectivity index (χ0) is 32.3. The van der Waals surface area contributed by atoms with Crippen LogP contribution in [0.25, 0.3) is 0 Å². The summed E-state index contributed by atoms with van der Waals surface area (Å²) in [4.78, 5) is 30.6. The minimum Gasteiger partial charge on any atom is -0.399 e. The molecule has 0 radical (unpaired) electrons. The Labute approximate surface area is 267 Å². The number of nitrogens with one attached hydrogen (secondary N) is 1. The highest BCUT2D eigenvalue weighted by Crippen LogP contribution is 2.72. The van der Waals surface area contributed by atoms with E-state index in [2.05, 4.69) is 10.3 Å². The number of hydrogen-bond donors (Lipinski definition) is 4. The van der Waals surface area contributed by atoms with Gasteiger partial charge >= 0.3 is 0 Å². The van der Waals surface area contributed by atoms with Crippen molar-refractivity contribution in [2.24, 2.45) is 22.7 Å². The Balaban J connectivity index is 1.07. The van der Waals surface area contributed by atoms with Gasteiger partial charge in [-0.15, -0.1) is 0 Å². The van der Waals surface area contributed by atoms with Crippen LogP contribution in [0.4, 0.5) is 15.9 Å². The average molecular weight is 630 g/mol. The van der Waals surface area contributed by atoms with Gasteiger partial charge in [0.25, 0.3) is 0 Å². The summed E-state index contributed by atoms with van der Waals surface area (Å²) in [5, 5.41) is 25.5. The van der Waals surface area contributed by atoms with Gasteiger partial charge in [0.15, 0.2) is 29.1 Å². The number of benzene rings is 1. The summed E-state index contributed by atoms with van der Waals surface area (Å²) >= 11 is 0. The minimum absolute atomic E-state index is 0.0536. The molecule has 0 unspecified atom stereocenters. The molecule has 4 saturated carbocycles. The van der Waals surface area contributed by atoms with E-state index in [1.165, 1.54) is 12.2 Å². The number of anilines is 2. The number of alkyl halides is 1. The molecule has 46 heavy (non-hydrogen) atoms. The van der Waals surface area contributed by atoms with Crippen molar-refractivity contribution in [2.45, 2.75) is 87.7 Å². The fourth-order valence-corrected chi connectivity index (χ4v) is 10.00. The standard InChI is InChI=1S/C36H40FN3O6/c1-32-12-11-24(42)15-22(32)6-9-25-26-16-29-36(28(44)19-41,33(26,2)17-27(43)35(25,32)37)46-31(45-29)20-3-10-30(39-18-20)40-34(13-14-34)21-4-7-23(38)8-5-21/h3-5,7-8,10-12,15,18,25-27,29,31,41,43H,6,9,13-14,16-17,19,38H2,1-2H3,(H,39,40)/t25-,26-,27-,29+,31+,32-,33-,35-,36+/m0/s1. The molecule has 2 aromatic rings. The van der Waals surface area contributed by atoms with Crippen LogP contribution in [0.2, 0.25) is 0 Å². The highest BCUT2D eigenvalue weighted by molar-refractivity contribution is 6.01. The summed E-state index contributed by atoms with van der Waals surface area (Å²) in [5.74, 6) is -0.979. The maximum Gasteiger partial charge on any atom is 0.193 e. The van der Waals surface area contributed by atoms with Crippen LogP contribution in [0.5, 0.6) is 0 Å². The maximum absolute atomic E-state index is 17.6. The first-order chi connectivity index (χ1) is 21.9. The molecule has 2 heterocycles. The van der Waals surface area contributed by atoms with Crippen LogP contribution in [0.3, 0.4) is 0 Å². The maximum atomic E-state index is 17.6. The van der Waals surface area contributed by atoms with E-state index >= 15 is 4.39 Å². The van der Waals surface area contributed by atoms with E-state index in [0.29, 0.717) is 41.9 Å².